The number of carbonyl (C=O) groups is 1. The molecule has 0 aliphatic heterocycles. The van der Waals surface area contributed by atoms with E-state index in [4.69, 9.17) is 0 Å². The molecule has 0 spiro atoms. The van der Waals surface area contributed by atoms with Gasteiger partial charge in [-0.15, -0.1) is 6.58 Å². The number of rotatable bonds is 6. The standard InChI is InChI=1S/C21H22N2O3S2/c1-4-13-23-18-12-7-15(5-2)14-19(18)27-21(23)22-20(24)16-8-10-17(11-9-16)28(25,26)6-3/h4,7-12,14H,1,5-6,13H2,2-3H3. The monoisotopic (exact) mass is 414 g/mol. The molecule has 0 N–H and O–H groups in total. The first kappa shape index (κ1) is 20.2. The molecule has 28 heavy (non-hydrogen) atoms. The van der Waals surface area contributed by atoms with Crippen molar-refractivity contribution in [1.29, 1.82) is 0 Å². The molecule has 1 amide bonds. The summed E-state index contributed by atoms with van der Waals surface area (Å²) in [7, 11) is -3.29. The van der Waals surface area contributed by atoms with Gasteiger partial charge in [-0.2, -0.15) is 4.99 Å². The molecule has 7 heteroatoms. The maximum absolute atomic E-state index is 12.7. The number of thiazole rings is 1. The summed E-state index contributed by atoms with van der Waals surface area (Å²) in [6.45, 7) is 8.03. The van der Waals surface area contributed by atoms with Crippen LogP contribution in [0.2, 0.25) is 0 Å². The minimum atomic E-state index is -3.29. The van der Waals surface area contributed by atoms with Crippen molar-refractivity contribution in [2.24, 2.45) is 4.99 Å². The van der Waals surface area contributed by atoms with Gasteiger partial charge >= 0.3 is 0 Å². The van der Waals surface area contributed by atoms with Gasteiger partial charge in [-0.05, 0) is 48.4 Å². The third kappa shape index (κ3) is 4.00. The van der Waals surface area contributed by atoms with Crippen molar-refractivity contribution in [2.45, 2.75) is 31.7 Å². The third-order valence-corrected chi connectivity index (χ3v) is 7.30. The Bertz CT molecular complexity index is 1200. The second-order valence-corrected chi connectivity index (χ2v) is 9.57. The summed E-state index contributed by atoms with van der Waals surface area (Å²) in [6.07, 6.45) is 2.71. The number of fused-ring (bicyclic) bond motifs is 1. The lowest BCUT2D eigenvalue weighted by Gasteiger charge is -2.03. The summed E-state index contributed by atoms with van der Waals surface area (Å²) < 4.78 is 26.9. The lowest BCUT2D eigenvalue weighted by Crippen LogP contribution is -2.16. The van der Waals surface area contributed by atoms with Gasteiger partial charge in [-0.3, -0.25) is 4.79 Å². The summed E-state index contributed by atoms with van der Waals surface area (Å²) in [5.74, 6) is -0.381. The van der Waals surface area contributed by atoms with Gasteiger partial charge in [0.2, 0.25) is 0 Å². The zero-order valence-electron chi connectivity index (χ0n) is 15.9. The van der Waals surface area contributed by atoms with E-state index in [9.17, 15) is 13.2 Å². The smallest absolute Gasteiger partial charge is 0.279 e. The first-order valence-electron chi connectivity index (χ1n) is 9.04. The molecule has 3 rings (SSSR count). The van der Waals surface area contributed by atoms with E-state index in [0.29, 0.717) is 16.9 Å². The molecule has 0 aliphatic rings. The molecule has 146 valence electrons. The van der Waals surface area contributed by atoms with Crippen LogP contribution in [0.1, 0.15) is 29.8 Å². The van der Waals surface area contributed by atoms with E-state index in [0.717, 1.165) is 16.6 Å². The Morgan fingerprint density at radius 1 is 1.18 bits per heavy atom. The number of aryl methyl sites for hydroxylation is 1. The quantitative estimate of drug-likeness (QED) is 0.573. The molecule has 0 radical (unpaired) electrons. The number of allylic oxidation sites excluding steroid dienone is 1. The van der Waals surface area contributed by atoms with Crippen LogP contribution < -0.4 is 4.80 Å². The highest BCUT2D eigenvalue weighted by atomic mass is 32.2. The van der Waals surface area contributed by atoms with Crippen molar-refractivity contribution in [1.82, 2.24) is 4.57 Å². The fourth-order valence-corrected chi connectivity index (χ4v) is 4.84. The Labute approximate surface area is 168 Å². The van der Waals surface area contributed by atoms with Crippen LogP contribution in [-0.4, -0.2) is 24.6 Å². The molecule has 1 aromatic heterocycles. The zero-order chi connectivity index (χ0) is 20.3. The largest absolute Gasteiger partial charge is 0.312 e. The van der Waals surface area contributed by atoms with Crippen molar-refractivity contribution < 1.29 is 13.2 Å². The Hall–Kier alpha value is -2.51. The van der Waals surface area contributed by atoms with E-state index >= 15 is 0 Å². The highest BCUT2D eigenvalue weighted by molar-refractivity contribution is 7.91. The van der Waals surface area contributed by atoms with Crippen LogP contribution in [0.25, 0.3) is 10.2 Å². The van der Waals surface area contributed by atoms with Gasteiger partial charge in [0.1, 0.15) is 0 Å². The number of hydrogen-bond donors (Lipinski definition) is 0. The van der Waals surface area contributed by atoms with Gasteiger partial charge < -0.3 is 4.57 Å². The van der Waals surface area contributed by atoms with E-state index in [-0.39, 0.29) is 10.6 Å². The predicted octanol–water partition coefficient (Wildman–Crippen LogP) is 3.99. The van der Waals surface area contributed by atoms with E-state index in [1.807, 2.05) is 10.6 Å². The minimum Gasteiger partial charge on any atom is -0.312 e. The second kappa shape index (κ2) is 8.24. The number of carbonyl (C=O) groups excluding carboxylic acids is 1. The first-order valence-corrected chi connectivity index (χ1v) is 11.5. The van der Waals surface area contributed by atoms with Gasteiger partial charge in [0, 0.05) is 12.1 Å². The maximum atomic E-state index is 12.7. The maximum Gasteiger partial charge on any atom is 0.279 e. The van der Waals surface area contributed by atoms with Crippen LogP contribution in [-0.2, 0) is 22.8 Å². The number of sulfone groups is 1. The van der Waals surface area contributed by atoms with E-state index in [1.54, 1.807) is 13.0 Å². The summed E-state index contributed by atoms with van der Waals surface area (Å²) in [6, 6.07) is 12.2. The van der Waals surface area contributed by atoms with Crippen molar-refractivity contribution in [3.05, 3.63) is 71.0 Å². The van der Waals surface area contributed by atoms with E-state index in [2.05, 4.69) is 30.6 Å². The van der Waals surface area contributed by atoms with Gasteiger partial charge in [0.25, 0.3) is 5.91 Å². The molecule has 0 unspecified atom stereocenters. The van der Waals surface area contributed by atoms with Crippen molar-refractivity contribution in [2.75, 3.05) is 5.75 Å². The Morgan fingerprint density at radius 2 is 1.89 bits per heavy atom. The lowest BCUT2D eigenvalue weighted by molar-refractivity contribution is 0.0998. The van der Waals surface area contributed by atoms with Crippen molar-refractivity contribution >= 4 is 37.3 Å². The van der Waals surface area contributed by atoms with E-state index in [1.165, 1.54) is 41.2 Å². The molecule has 0 fully saturated rings. The summed E-state index contributed by atoms with van der Waals surface area (Å²) in [4.78, 5) is 17.8. The fourth-order valence-electron chi connectivity index (χ4n) is 2.85. The first-order chi connectivity index (χ1) is 13.4. The predicted molar refractivity (Wildman–Crippen MR) is 113 cm³/mol. The van der Waals surface area contributed by atoms with Crippen LogP contribution >= 0.6 is 11.3 Å². The minimum absolute atomic E-state index is 0.0216. The molecule has 1 heterocycles. The highest BCUT2D eigenvalue weighted by Gasteiger charge is 2.13. The molecule has 0 aliphatic carbocycles. The SMILES string of the molecule is C=CCn1c(=NC(=O)c2ccc(S(=O)(=O)CC)cc2)sc2cc(CC)ccc21. The lowest BCUT2D eigenvalue weighted by atomic mass is 10.2. The summed E-state index contributed by atoms with van der Waals surface area (Å²) >= 11 is 1.46. The van der Waals surface area contributed by atoms with Crippen LogP contribution in [0.5, 0.6) is 0 Å². The molecule has 5 nitrogen and oxygen atoms in total. The number of benzene rings is 2. The molecule has 0 saturated heterocycles. The second-order valence-electron chi connectivity index (χ2n) is 6.28. The Kier molecular flexibility index (Phi) is 5.96. The molecule has 2 aromatic carbocycles. The molecule has 0 atom stereocenters. The van der Waals surface area contributed by atoms with Crippen molar-refractivity contribution in [3.63, 3.8) is 0 Å². The summed E-state index contributed by atoms with van der Waals surface area (Å²) in [5.41, 5.74) is 2.59. The number of nitrogens with zero attached hydrogens (tertiary/aromatic N) is 2. The van der Waals surface area contributed by atoms with Gasteiger partial charge in [0.15, 0.2) is 14.6 Å². The average Bonchev–Trinajstić information content (AvgIpc) is 3.04. The highest BCUT2D eigenvalue weighted by Crippen LogP contribution is 2.20. The molecule has 3 aromatic rings. The number of hydrogen-bond acceptors (Lipinski definition) is 4. The normalized spacial score (nSPS) is 12.4. The molecular formula is C21H22N2O3S2. The van der Waals surface area contributed by atoms with E-state index < -0.39 is 15.7 Å². The average molecular weight is 415 g/mol. The Morgan fingerprint density at radius 3 is 2.50 bits per heavy atom. The van der Waals surface area contributed by atoms with Crippen LogP contribution in [0, 0.1) is 0 Å². The van der Waals surface area contributed by atoms with Crippen LogP contribution in [0.4, 0.5) is 0 Å². The van der Waals surface area contributed by atoms with Gasteiger partial charge in [-0.25, -0.2) is 8.42 Å². The van der Waals surface area contributed by atoms with Gasteiger partial charge in [0.05, 0.1) is 20.9 Å². The Balaban J connectivity index is 2.04. The van der Waals surface area contributed by atoms with Crippen LogP contribution in [0.3, 0.4) is 0 Å². The topological polar surface area (TPSA) is 68.5 Å². The molecule has 0 bridgehead atoms. The summed E-state index contributed by atoms with van der Waals surface area (Å²) in [5, 5.41) is 0. The number of amides is 1. The zero-order valence-corrected chi connectivity index (χ0v) is 17.5. The fraction of sp³-hybridized carbons (Fsp3) is 0.238. The third-order valence-electron chi connectivity index (χ3n) is 4.50. The van der Waals surface area contributed by atoms with Gasteiger partial charge in [-0.1, -0.05) is 37.3 Å². The molecule has 0 saturated carbocycles. The molecular weight excluding hydrogens is 392 g/mol. The number of aromatic nitrogens is 1. The van der Waals surface area contributed by atoms with Crippen LogP contribution in [0.15, 0.2) is 65.0 Å². The van der Waals surface area contributed by atoms with Crippen molar-refractivity contribution in [3.8, 4) is 0 Å².